The molecule has 8 heteroatoms. The number of hydrogen-bond donors (Lipinski definition) is 2. The molecule has 1 aromatic heterocycles. The average molecular weight is 368 g/mol. The molecule has 1 heterocycles. The molecular formula is C16H22ClN5OS. The molecule has 6 nitrogen and oxygen atoms in total. The minimum absolute atomic E-state index is 0.0610. The summed E-state index contributed by atoms with van der Waals surface area (Å²) >= 11 is 7.44. The zero-order valence-electron chi connectivity index (χ0n) is 14.2. The van der Waals surface area contributed by atoms with Gasteiger partial charge in [-0.3, -0.25) is 4.79 Å². The second-order valence-corrected chi connectivity index (χ2v) is 7.86. The maximum Gasteiger partial charge on any atom is 0.233 e. The first-order valence-corrected chi connectivity index (χ1v) is 8.95. The summed E-state index contributed by atoms with van der Waals surface area (Å²) in [6.45, 7) is 7.83. The quantitative estimate of drug-likeness (QED) is 0.605. The van der Waals surface area contributed by atoms with E-state index in [0.29, 0.717) is 21.6 Å². The fourth-order valence-corrected chi connectivity index (χ4v) is 2.91. The van der Waals surface area contributed by atoms with Gasteiger partial charge in [0.05, 0.1) is 10.3 Å². The molecule has 2 aromatic rings. The molecule has 0 fully saturated rings. The highest BCUT2D eigenvalue weighted by Crippen LogP contribution is 2.29. The molecule has 3 N–H and O–H groups in total. The smallest absolute Gasteiger partial charge is 0.233 e. The van der Waals surface area contributed by atoms with Gasteiger partial charge in [0.1, 0.15) is 0 Å². The summed E-state index contributed by atoms with van der Waals surface area (Å²) in [7, 11) is 0. The molecule has 1 amide bonds. The molecule has 0 radical (unpaired) electrons. The van der Waals surface area contributed by atoms with Gasteiger partial charge in [-0.15, -0.1) is 10.2 Å². The molecule has 0 bridgehead atoms. The van der Waals surface area contributed by atoms with Crippen LogP contribution in [0.3, 0.4) is 0 Å². The number of rotatable bonds is 6. The Kier molecular flexibility index (Phi) is 5.77. The van der Waals surface area contributed by atoms with Crippen molar-refractivity contribution in [2.75, 3.05) is 5.84 Å². The maximum absolute atomic E-state index is 12.3. The van der Waals surface area contributed by atoms with Gasteiger partial charge in [-0.1, -0.05) is 42.4 Å². The van der Waals surface area contributed by atoms with Crippen molar-refractivity contribution in [1.29, 1.82) is 0 Å². The molecule has 0 aliphatic heterocycles. The van der Waals surface area contributed by atoms with Crippen LogP contribution in [-0.4, -0.2) is 31.6 Å². The van der Waals surface area contributed by atoms with Gasteiger partial charge < -0.3 is 11.2 Å². The SMILES string of the molecule is CCC(C)(C)NC(=O)C(C)Sc1nnc(-c2ccccc2Cl)n1N. The van der Waals surface area contributed by atoms with Gasteiger partial charge in [-0.05, 0) is 39.3 Å². The van der Waals surface area contributed by atoms with Gasteiger partial charge in [0.15, 0.2) is 5.82 Å². The van der Waals surface area contributed by atoms with Crippen LogP contribution in [0.1, 0.15) is 34.1 Å². The standard InChI is InChI=1S/C16H22ClN5OS/c1-5-16(3,4)19-14(23)10(2)24-15-21-20-13(22(15)18)11-8-6-7-9-12(11)17/h6-10H,5,18H2,1-4H3,(H,19,23). The lowest BCUT2D eigenvalue weighted by Gasteiger charge is -2.26. The normalized spacial score (nSPS) is 12.9. The highest BCUT2D eigenvalue weighted by atomic mass is 35.5. The lowest BCUT2D eigenvalue weighted by Crippen LogP contribution is -2.46. The van der Waals surface area contributed by atoms with Crippen molar-refractivity contribution in [3.63, 3.8) is 0 Å². The van der Waals surface area contributed by atoms with Crippen LogP contribution in [0.5, 0.6) is 0 Å². The monoisotopic (exact) mass is 367 g/mol. The van der Waals surface area contributed by atoms with E-state index in [4.69, 9.17) is 17.4 Å². The van der Waals surface area contributed by atoms with Crippen molar-refractivity contribution in [3.05, 3.63) is 29.3 Å². The number of benzene rings is 1. The molecule has 1 unspecified atom stereocenters. The van der Waals surface area contributed by atoms with Crippen LogP contribution in [-0.2, 0) is 4.79 Å². The minimum atomic E-state index is -0.346. The van der Waals surface area contributed by atoms with Crippen molar-refractivity contribution < 1.29 is 4.79 Å². The summed E-state index contributed by atoms with van der Waals surface area (Å²) in [6, 6.07) is 7.28. The van der Waals surface area contributed by atoms with Gasteiger partial charge in [0, 0.05) is 11.1 Å². The molecule has 24 heavy (non-hydrogen) atoms. The second-order valence-electron chi connectivity index (χ2n) is 6.14. The number of hydrogen-bond acceptors (Lipinski definition) is 5. The number of nitrogen functional groups attached to an aromatic ring is 1. The van der Waals surface area contributed by atoms with E-state index in [-0.39, 0.29) is 16.7 Å². The van der Waals surface area contributed by atoms with Crippen LogP contribution in [0.2, 0.25) is 5.02 Å². The molecule has 0 spiro atoms. The summed E-state index contributed by atoms with van der Waals surface area (Å²) < 4.78 is 1.36. The lowest BCUT2D eigenvalue weighted by atomic mass is 10.0. The lowest BCUT2D eigenvalue weighted by molar-refractivity contribution is -0.121. The third-order valence-electron chi connectivity index (χ3n) is 3.78. The topological polar surface area (TPSA) is 85.8 Å². The second kappa shape index (κ2) is 7.44. The van der Waals surface area contributed by atoms with Gasteiger partial charge in [0.2, 0.25) is 11.1 Å². The molecule has 1 aromatic carbocycles. The minimum Gasteiger partial charge on any atom is -0.350 e. The third-order valence-corrected chi connectivity index (χ3v) is 5.16. The van der Waals surface area contributed by atoms with E-state index in [1.807, 2.05) is 45.9 Å². The van der Waals surface area contributed by atoms with Gasteiger partial charge in [-0.25, -0.2) is 4.68 Å². The fourth-order valence-electron chi connectivity index (χ4n) is 1.92. The van der Waals surface area contributed by atoms with Crippen LogP contribution < -0.4 is 11.2 Å². The number of halogens is 1. The Balaban J connectivity index is 2.15. The summed E-state index contributed by atoms with van der Waals surface area (Å²) in [5.74, 6) is 6.49. The van der Waals surface area contributed by atoms with Crippen LogP contribution in [0.25, 0.3) is 11.4 Å². The number of nitrogens with two attached hydrogens (primary N) is 1. The van der Waals surface area contributed by atoms with E-state index in [1.165, 1.54) is 16.4 Å². The van der Waals surface area contributed by atoms with E-state index in [9.17, 15) is 4.79 Å². The average Bonchev–Trinajstić information content (AvgIpc) is 2.88. The largest absolute Gasteiger partial charge is 0.350 e. The van der Waals surface area contributed by atoms with E-state index in [0.717, 1.165) is 6.42 Å². The highest BCUT2D eigenvalue weighted by Gasteiger charge is 2.24. The molecule has 1 atom stereocenters. The fraction of sp³-hybridized carbons (Fsp3) is 0.438. The Bertz CT molecular complexity index is 731. The zero-order valence-corrected chi connectivity index (χ0v) is 15.8. The highest BCUT2D eigenvalue weighted by molar-refractivity contribution is 8.00. The number of aromatic nitrogens is 3. The van der Waals surface area contributed by atoms with Crippen LogP contribution in [0, 0.1) is 0 Å². The maximum atomic E-state index is 12.3. The molecule has 0 saturated heterocycles. The molecular weight excluding hydrogens is 346 g/mol. The van der Waals surface area contributed by atoms with Crippen molar-refractivity contribution in [2.24, 2.45) is 0 Å². The summed E-state index contributed by atoms with van der Waals surface area (Å²) in [4.78, 5) is 12.3. The Morgan fingerprint density at radius 2 is 2.08 bits per heavy atom. The number of nitrogens with zero attached hydrogens (tertiary/aromatic N) is 3. The number of carbonyl (C=O) groups is 1. The first-order valence-electron chi connectivity index (χ1n) is 7.69. The van der Waals surface area contributed by atoms with Crippen LogP contribution in [0.15, 0.2) is 29.4 Å². The molecule has 0 saturated carbocycles. The van der Waals surface area contributed by atoms with Gasteiger partial charge in [0.25, 0.3) is 0 Å². The Morgan fingerprint density at radius 1 is 1.42 bits per heavy atom. The summed E-state index contributed by atoms with van der Waals surface area (Å²) in [5, 5.41) is 11.9. The van der Waals surface area contributed by atoms with E-state index >= 15 is 0 Å². The predicted molar refractivity (Wildman–Crippen MR) is 98.5 cm³/mol. The first-order chi connectivity index (χ1) is 11.2. The molecule has 0 aliphatic carbocycles. The van der Waals surface area contributed by atoms with E-state index in [1.54, 1.807) is 6.07 Å². The van der Waals surface area contributed by atoms with Crippen LogP contribution >= 0.6 is 23.4 Å². The molecule has 2 rings (SSSR count). The van der Waals surface area contributed by atoms with Crippen molar-refractivity contribution >= 4 is 29.3 Å². The van der Waals surface area contributed by atoms with Crippen LogP contribution in [0.4, 0.5) is 0 Å². The third kappa shape index (κ3) is 4.21. The van der Waals surface area contributed by atoms with E-state index in [2.05, 4.69) is 15.5 Å². The number of thioether (sulfide) groups is 1. The number of amides is 1. The van der Waals surface area contributed by atoms with Crippen molar-refractivity contribution in [1.82, 2.24) is 20.2 Å². The van der Waals surface area contributed by atoms with E-state index < -0.39 is 0 Å². The summed E-state index contributed by atoms with van der Waals surface area (Å²) in [6.07, 6.45) is 0.847. The first kappa shape index (κ1) is 18.6. The number of nitrogens with one attached hydrogen (secondary N) is 1. The van der Waals surface area contributed by atoms with Gasteiger partial charge in [-0.2, -0.15) is 0 Å². The van der Waals surface area contributed by atoms with Gasteiger partial charge >= 0.3 is 0 Å². The predicted octanol–water partition coefficient (Wildman–Crippen LogP) is 3.10. The number of carbonyl (C=O) groups excluding carboxylic acids is 1. The van der Waals surface area contributed by atoms with Crippen molar-refractivity contribution in [3.8, 4) is 11.4 Å². The van der Waals surface area contributed by atoms with Crippen molar-refractivity contribution in [2.45, 2.75) is 50.1 Å². The molecule has 0 aliphatic rings. The zero-order chi connectivity index (χ0) is 17.9. The Morgan fingerprint density at radius 3 is 2.71 bits per heavy atom. The molecule has 130 valence electrons. The Labute approximate surface area is 151 Å². The Hall–Kier alpha value is -1.73. The summed E-state index contributed by atoms with van der Waals surface area (Å²) in [5.41, 5.74) is 0.454.